The third-order valence-corrected chi connectivity index (χ3v) is 2.15. The van der Waals surface area contributed by atoms with Crippen LogP contribution < -0.4 is 16.3 Å². The third kappa shape index (κ3) is 1.58. The lowest BCUT2D eigenvalue weighted by Crippen LogP contribution is -2.56. The van der Waals surface area contributed by atoms with Gasteiger partial charge in [0, 0.05) is 30.9 Å². The van der Waals surface area contributed by atoms with Gasteiger partial charge in [-0.05, 0) is 13.0 Å². The highest BCUT2D eigenvalue weighted by atomic mass is 16.4. The molecule has 2 heterocycles. The molecule has 0 bridgehead atoms. The molecule has 4 heteroatoms. The van der Waals surface area contributed by atoms with E-state index < -0.39 is 0 Å². The quantitative estimate of drug-likeness (QED) is 0.665. The van der Waals surface area contributed by atoms with Crippen LogP contribution in [-0.4, -0.2) is 19.1 Å². The Morgan fingerprint density at radius 3 is 2.77 bits per heavy atom. The van der Waals surface area contributed by atoms with Crippen molar-refractivity contribution in [3.8, 4) is 0 Å². The minimum atomic E-state index is -0.296. The van der Waals surface area contributed by atoms with Crippen LogP contribution in [0.25, 0.3) is 0 Å². The summed E-state index contributed by atoms with van der Waals surface area (Å²) in [6.45, 7) is 3.41. The molecule has 1 saturated heterocycles. The maximum Gasteiger partial charge on any atom is 0.337 e. The molecule has 0 atom stereocenters. The first-order valence-corrected chi connectivity index (χ1v) is 4.27. The van der Waals surface area contributed by atoms with Crippen molar-refractivity contribution in [3.05, 3.63) is 28.3 Å². The Morgan fingerprint density at radius 1 is 1.54 bits per heavy atom. The highest BCUT2D eigenvalue weighted by Crippen LogP contribution is 2.18. The second kappa shape index (κ2) is 2.88. The summed E-state index contributed by atoms with van der Waals surface area (Å²) in [5.41, 5.74) is 6.26. The van der Waals surface area contributed by atoms with E-state index in [9.17, 15) is 4.79 Å². The van der Waals surface area contributed by atoms with Crippen LogP contribution in [0.15, 0.2) is 21.3 Å². The zero-order valence-corrected chi connectivity index (χ0v) is 7.49. The highest BCUT2D eigenvalue weighted by Gasteiger charge is 2.23. The Kier molecular flexibility index (Phi) is 1.84. The first-order valence-electron chi connectivity index (χ1n) is 4.27. The largest absolute Gasteiger partial charge is 0.428 e. The van der Waals surface area contributed by atoms with E-state index in [2.05, 4.69) is 4.90 Å². The first kappa shape index (κ1) is 8.31. The van der Waals surface area contributed by atoms with Crippen molar-refractivity contribution in [1.82, 2.24) is 0 Å². The summed E-state index contributed by atoms with van der Waals surface area (Å²) >= 11 is 0. The molecule has 1 aliphatic rings. The van der Waals surface area contributed by atoms with Crippen LogP contribution in [0.3, 0.4) is 0 Å². The molecule has 2 rings (SSSR count). The van der Waals surface area contributed by atoms with E-state index in [4.69, 9.17) is 10.2 Å². The van der Waals surface area contributed by atoms with Gasteiger partial charge in [0.15, 0.2) is 0 Å². The Bertz CT molecular complexity index is 366. The number of nitrogens with zero attached hydrogens (tertiary/aromatic N) is 1. The molecule has 1 aromatic rings. The SMILES string of the molecule is Cc1cc(N2CC(N)C2)cc(=O)o1. The van der Waals surface area contributed by atoms with Gasteiger partial charge in [0.1, 0.15) is 5.76 Å². The Labute approximate surface area is 76.0 Å². The Hall–Kier alpha value is -1.29. The number of hydrogen-bond donors (Lipinski definition) is 1. The zero-order valence-electron chi connectivity index (χ0n) is 7.49. The lowest BCUT2D eigenvalue weighted by molar-refractivity contribution is 0.472. The molecular formula is C9H12N2O2. The number of aryl methyl sites for hydroxylation is 1. The molecule has 70 valence electrons. The van der Waals surface area contributed by atoms with Gasteiger partial charge in [-0.3, -0.25) is 0 Å². The van der Waals surface area contributed by atoms with Gasteiger partial charge in [-0.15, -0.1) is 0 Å². The van der Waals surface area contributed by atoms with Crippen LogP contribution in [0.4, 0.5) is 5.69 Å². The van der Waals surface area contributed by atoms with E-state index in [0.29, 0.717) is 5.76 Å². The van der Waals surface area contributed by atoms with E-state index >= 15 is 0 Å². The van der Waals surface area contributed by atoms with Crippen LogP contribution in [-0.2, 0) is 0 Å². The molecule has 0 aromatic carbocycles. The van der Waals surface area contributed by atoms with Gasteiger partial charge in [-0.2, -0.15) is 0 Å². The predicted molar refractivity (Wildman–Crippen MR) is 49.9 cm³/mol. The van der Waals surface area contributed by atoms with Gasteiger partial charge < -0.3 is 15.1 Å². The van der Waals surface area contributed by atoms with Gasteiger partial charge >= 0.3 is 5.63 Å². The second-order valence-corrected chi connectivity index (χ2v) is 3.41. The summed E-state index contributed by atoms with van der Waals surface area (Å²) in [6.07, 6.45) is 0. The number of nitrogens with two attached hydrogens (primary N) is 1. The van der Waals surface area contributed by atoms with Crippen LogP contribution in [0.2, 0.25) is 0 Å². The summed E-state index contributed by atoms with van der Waals surface area (Å²) in [4.78, 5) is 13.1. The van der Waals surface area contributed by atoms with Gasteiger partial charge in [-0.1, -0.05) is 0 Å². The Balaban J connectivity index is 2.26. The fraction of sp³-hybridized carbons (Fsp3) is 0.444. The number of anilines is 1. The zero-order chi connectivity index (χ0) is 9.42. The van der Waals surface area contributed by atoms with Gasteiger partial charge in [0.05, 0.1) is 0 Å². The van der Waals surface area contributed by atoms with Crippen LogP contribution in [0.5, 0.6) is 0 Å². The van der Waals surface area contributed by atoms with Crippen molar-refractivity contribution in [2.45, 2.75) is 13.0 Å². The van der Waals surface area contributed by atoms with E-state index in [1.807, 2.05) is 6.07 Å². The molecule has 1 aromatic heterocycles. The average molecular weight is 180 g/mol. The van der Waals surface area contributed by atoms with Crippen molar-refractivity contribution in [2.75, 3.05) is 18.0 Å². The third-order valence-electron chi connectivity index (χ3n) is 2.15. The van der Waals surface area contributed by atoms with Crippen LogP contribution in [0.1, 0.15) is 5.76 Å². The highest BCUT2D eigenvalue weighted by molar-refractivity contribution is 5.48. The average Bonchev–Trinajstić information content (AvgIpc) is 1.96. The molecule has 2 N–H and O–H groups in total. The van der Waals surface area contributed by atoms with E-state index in [1.165, 1.54) is 6.07 Å². The Morgan fingerprint density at radius 2 is 2.23 bits per heavy atom. The lowest BCUT2D eigenvalue weighted by Gasteiger charge is -2.38. The molecule has 0 radical (unpaired) electrons. The topological polar surface area (TPSA) is 59.5 Å². The van der Waals surface area contributed by atoms with Gasteiger partial charge in [0.25, 0.3) is 0 Å². The molecule has 1 fully saturated rings. The van der Waals surface area contributed by atoms with Crippen molar-refractivity contribution in [3.63, 3.8) is 0 Å². The van der Waals surface area contributed by atoms with Crippen LogP contribution in [0, 0.1) is 6.92 Å². The summed E-state index contributed by atoms with van der Waals surface area (Å²) in [6, 6.07) is 3.60. The fourth-order valence-corrected chi connectivity index (χ4v) is 1.49. The monoisotopic (exact) mass is 180 g/mol. The standard InChI is InChI=1S/C9H12N2O2/c1-6-2-8(3-9(12)13-6)11-4-7(10)5-11/h2-3,7H,4-5,10H2,1H3. The molecule has 4 nitrogen and oxygen atoms in total. The molecule has 0 aliphatic carbocycles. The van der Waals surface area contributed by atoms with E-state index in [0.717, 1.165) is 18.8 Å². The molecule has 0 saturated carbocycles. The number of hydrogen-bond acceptors (Lipinski definition) is 4. The maximum absolute atomic E-state index is 11.0. The van der Waals surface area contributed by atoms with Crippen LogP contribution >= 0.6 is 0 Å². The smallest absolute Gasteiger partial charge is 0.337 e. The minimum Gasteiger partial charge on any atom is -0.428 e. The van der Waals surface area contributed by atoms with Gasteiger partial charge in [-0.25, -0.2) is 4.79 Å². The molecule has 0 spiro atoms. The van der Waals surface area contributed by atoms with Gasteiger partial charge in [0.2, 0.25) is 0 Å². The molecule has 13 heavy (non-hydrogen) atoms. The summed E-state index contributed by atoms with van der Waals surface area (Å²) in [5.74, 6) is 0.642. The predicted octanol–water partition coefficient (Wildman–Crippen LogP) is 0.0955. The van der Waals surface area contributed by atoms with Crippen molar-refractivity contribution >= 4 is 5.69 Å². The normalized spacial score (nSPS) is 17.2. The fourth-order valence-electron chi connectivity index (χ4n) is 1.49. The van der Waals surface area contributed by atoms with E-state index in [-0.39, 0.29) is 11.7 Å². The summed E-state index contributed by atoms with van der Waals surface area (Å²) in [7, 11) is 0. The lowest BCUT2D eigenvalue weighted by atomic mass is 10.1. The summed E-state index contributed by atoms with van der Waals surface area (Å²) in [5, 5.41) is 0. The van der Waals surface area contributed by atoms with Crippen molar-refractivity contribution in [2.24, 2.45) is 5.73 Å². The second-order valence-electron chi connectivity index (χ2n) is 3.41. The van der Waals surface area contributed by atoms with E-state index in [1.54, 1.807) is 6.92 Å². The molecule has 0 amide bonds. The molecule has 0 unspecified atom stereocenters. The minimum absolute atomic E-state index is 0.243. The molecular weight excluding hydrogens is 168 g/mol. The summed E-state index contributed by atoms with van der Waals surface area (Å²) < 4.78 is 4.85. The maximum atomic E-state index is 11.0. The first-order chi connectivity index (χ1) is 6.15. The molecule has 1 aliphatic heterocycles. The number of rotatable bonds is 1. The van der Waals surface area contributed by atoms with Crippen molar-refractivity contribution < 1.29 is 4.42 Å². The van der Waals surface area contributed by atoms with Crippen molar-refractivity contribution in [1.29, 1.82) is 0 Å².